The number of nitrogens with one attached hydrogen (secondary N) is 1. The molecule has 5 nitrogen and oxygen atoms in total. The van der Waals surface area contributed by atoms with Gasteiger partial charge in [-0.3, -0.25) is 4.68 Å². The molecule has 0 radical (unpaired) electrons. The van der Waals surface area contributed by atoms with Gasteiger partial charge < -0.3 is 9.88 Å². The first-order valence-electron chi connectivity index (χ1n) is 6.65. The highest BCUT2D eigenvalue weighted by Crippen LogP contribution is 2.19. The normalized spacial score (nSPS) is 17.2. The van der Waals surface area contributed by atoms with E-state index >= 15 is 0 Å². The van der Waals surface area contributed by atoms with E-state index in [-0.39, 0.29) is 0 Å². The van der Waals surface area contributed by atoms with E-state index in [0.717, 1.165) is 38.0 Å². The molecule has 1 N–H and O–H groups in total. The zero-order valence-electron chi connectivity index (χ0n) is 10.7. The first-order chi connectivity index (χ1) is 8.88. The van der Waals surface area contributed by atoms with Crippen LogP contribution in [-0.4, -0.2) is 32.4 Å². The molecule has 0 atom stereocenters. The summed E-state index contributed by atoms with van der Waals surface area (Å²) in [6, 6.07) is 0.536. The van der Waals surface area contributed by atoms with Gasteiger partial charge in [-0.05, 0) is 32.4 Å². The number of piperidine rings is 1. The molecule has 0 bridgehead atoms. The summed E-state index contributed by atoms with van der Waals surface area (Å²) in [6.45, 7) is 4.32. The Morgan fingerprint density at radius 1 is 1.33 bits per heavy atom. The molecule has 0 aliphatic carbocycles. The summed E-state index contributed by atoms with van der Waals surface area (Å²) in [6.07, 6.45) is 11.2. The lowest BCUT2D eigenvalue weighted by molar-refractivity contribution is 0.343. The van der Waals surface area contributed by atoms with Crippen molar-refractivity contribution in [1.82, 2.24) is 24.6 Å². The van der Waals surface area contributed by atoms with Gasteiger partial charge in [-0.15, -0.1) is 0 Å². The third-order valence-corrected chi connectivity index (χ3v) is 3.63. The lowest BCUT2D eigenvalue weighted by Crippen LogP contribution is -2.29. The Morgan fingerprint density at radius 2 is 2.17 bits per heavy atom. The molecule has 18 heavy (non-hydrogen) atoms. The zero-order chi connectivity index (χ0) is 12.4. The predicted octanol–water partition coefficient (Wildman–Crippen LogP) is 1.56. The van der Waals surface area contributed by atoms with Gasteiger partial charge in [0, 0.05) is 18.1 Å². The van der Waals surface area contributed by atoms with E-state index in [9.17, 15) is 0 Å². The van der Waals surface area contributed by atoms with Crippen molar-refractivity contribution < 1.29 is 0 Å². The van der Waals surface area contributed by atoms with E-state index in [0.29, 0.717) is 6.04 Å². The third kappa shape index (κ3) is 2.06. The highest BCUT2D eigenvalue weighted by molar-refractivity contribution is 5.28. The van der Waals surface area contributed by atoms with Crippen LogP contribution in [0.2, 0.25) is 0 Å². The summed E-state index contributed by atoms with van der Waals surface area (Å²) < 4.78 is 4.22. The number of imidazole rings is 1. The van der Waals surface area contributed by atoms with E-state index in [4.69, 9.17) is 0 Å². The SMILES string of the molecule is CCc1cncn1-c1cnn(C2CCNCC2)c1. The van der Waals surface area contributed by atoms with E-state index in [2.05, 4.69) is 37.8 Å². The molecule has 2 aromatic rings. The van der Waals surface area contributed by atoms with Gasteiger partial charge in [-0.2, -0.15) is 5.10 Å². The highest BCUT2D eigenvalue weighted by Gasteiger charge is 2.16. The minimum absolute atomic E-state index is 0.536. The molecular formula is C13H19N5. The Hall–Kier alpha value is -1.62. The Balaban J connectivity index is 1.84. The first-order valence-corrected chi connectivity index (χ1v) is 6.65. The monoisotopic (exact) mass is 245 g/mol. The van der Waals surface area contributed by atoms with Crippen LogP contribution in [0.15, 0.2) is 24.9 Å². The summed E-state index contributed by atoms with van der Waals surface area (Å²) in [5.74, 6) is 0. The second-order valence-electron chi connectivity index (χ2n) is 4.77. The molecule has 1 saturated heterocycles. The maximum absolute atomic E-state index is 4.51. The number of aryl methyl sites for hydroxylation is 1. The zero-order valence-corrected chi connectivity index (χ0v) is 10.7. The van der Waals surface area contributed by atoms with Crippen LogP contribution in [0, 0.1) is 0 Å². The summed E-state index contributed by atoms with van der Waals surface area (Å²) in [7, 11) is 0. The molecule has 1 aliphatic heterocycles. The number of rotatable bonds is 3. The minimum Gasteiger partial charge on any atom is -0.317 e. The Labute approximate surface area is 107 Å². The molecule has 96 valence electrons. The maximum Gasteiger partial charge on any atom is 0.0995 e. The van der Waals surface area contributed by atoms with Crippen LogP contribution in [0.5, 0.6) is 0 Å². The second-order valence-corrected chi connectivity index (χ2v) is 4.77. The topological polar surface area (TPSA) is 47.7 Å². The van der Waals surface area contributed by atoms with E-state index in [1.165, 1.54) is 5.69 Å². The fourth-order valence-corrected chi connectivity index (χ4v) is 2.54. The largest absolute Gasteiger partial charge is 0.317 e. The number of hydrogen-bond acceptors (Lipinski definition) is 3. The molecule has 5 heteroatoms. The Morgan fingerprint density at radius 3 is 2.94 bits per heavy atom. The van der Waals surface area contributed by atoms with Crippen molar-refractivity contribution >= 4 is 0 Å². The van der Waals surface area contributed by atoms with Gasteiger partial charge in [0.2, 0.25) is 0 Å². The molecule has 3 heterocycles. The standard InChI is InChI=1S/C13H19N5/c1-2-11-7-15-10-17(11)13-8-16-18(9-13)12-3-5-14-6-4-12/h7-10,12,14H,2-6H2,1H3. The van der Waals surface area contributed by atoms with Crippen molar-refractivity contribution in [2.45, 2.75) is 32.2 Å². The molecule has 0 saturated carbocycles. The number of hydrogen-bond donors (Lipinski definition) is 1. The molecule has 0 aromatic carbocycles. The van der Waals surface area contributed by atoms with Gasteiger partial charge in [-0.1, -0.05) is 6.92 Å². The van der Waals surface area contributed by atoms with E-state index in [1.54, 1.807) is 0 Å². The van der Waals surface area contributed by atoms with Gasteiger partial charge in [-0.25, -0.2) is 4.98 Å². The summed E-state index contributed by atoms with van der Waals surface area (Å²) in [4.78, 5) is 4.21. The molecule has 0 amide bonds. The van der Waals surface area contributed by atoms with E-state index in [1.807, 2.05) is 18.7 Å². The predicted molar refractivity (Wildman–Crippen MR) is 69.9 cm³/mol. The second kappa shape index (κ2) is 4.94. The van der Waals surface area contributed by atoms with Gasteiger partial charge in [0.15, 0.2) is 0 Å². The highest BCUT2D eigenvalue weighted by atomic mass is 15.3. The lowest BCUT2D eigenvalue weighted by Gasteiger charge is -2.22. The van der Waals surface area contributed by atoms with Gasteiger partial charge in [0.05, 0.1) is 24.3 Å². The Bertz CT molecular complexity index is 507. The van der Waals surface area contributed by atoms with Gasteiger partial charge in [0.1, 0.15) is 0 Å². The van der Waals surface area contributed by atoms with Crippen LogP contribution in [-0.2, 0) is 6.42 Å². The smallest absolute Gasteiger partial charge is 0.0995 e. The van der Waals surface area contributed by atoms with Gasteiger partial charge in [0.25, 0.3) is 0 Å². The molecule has 2 aromatic heterocycles. The molecule has 1 fully saturated rings. The van der Waals surface area contributed by atoms with Crippen molar-refractivity contribution in [3.63, 3.8) is 0 Å². The van der Waals surface area contributed by atoms with Crippen molar-refractivity contribution in [1.29, 1.82) is 0 Å². The molecule has 0 unspecified atom stereocenters. The van der Waals surface area contributed by atoms with Crippen LogP contribution in [0.25, 0.3) is 5.69 Å². The fourth-order valence-electron chi connectivity index (χ4n) is 2.54. The molecule has 3 rings (SSSR count). The van der Waals surface area contributed by atoms with Crippen LogP contribution in [0.4, 0.5) is 0 Å². The average Bonchev–Trinajstić information content (AvgIpc) is 3.08. The van der Waals surface area contributed by atoms with Crippen LogP contribution in [0.3, 0.4) is 0 Å². The quantitative estimate of drug-likeness (QED) is 0.892. The Kier molecular flexibility index (Phi) is 3.15. The van der Waals surface area contributed by atoms with Crippen molar-refractivity contribution in [3.05, 3.63) is 30.6 Å². The third-order valence-electron chi connectivity index (χ3n) is 3.63. The van der Waals surface area contributed by atoms with Crippen LogP contribution in [0.1, 0.15) is 31.5 Å². The van der Waals surface area contributed by atoms with E-state index < -0.39 is 0 Å². The van der Waals surface area contributed by atoms with Crippen LogP contribution < -0.4 is 5.32 Å². The maximum atomic E-state index is 4.51. The summed E-state index contributed by atoms with van der Waals surface area (Å²) in [5, 5.41) is 7.89. The number of nitrogens with zero attached hydrogens (tertiary/aromatic N) is 4. The van der Waals surface area contributed by atoms with Crippen molar-refractivity contribution in [2.75, 3.05) is 13.1 Å². The number of aromatic nitrogens is 4. The van der Waals surface area contributed by atoms with Gasteiger partial charge >= 0.3 is 0 Å². The molecule has 0 spiro atoms. The molecule has 1 aliphatic rings. The average molecular weight is 245 g/mol. The lowest BCUT2D eigenvalue weighted by atomic mass is 10.1. The van der Waals surface area contributed by atoms with Crippen LogP contribution >= 0.6 is 0 Å². The minimum atomic E-state index is 0.536. The summed E-state index contributed by atoms with van der Waals surface area (Å²) >= 11 is 0. The van der Waals surface area contributed by atoms with Crippen molar-refractivity contribution in [2.24, 2.45) is 0 Å². The molecular weight excluding hydrogens is 226 g/mol. The van der Waals surface area contributed by atoms with Crippen molar-refractivity contribution in [3.8, 4) is 5.69 Å². The fraction of sp³-hybridized carbons (Fsp3) is 0.538. The summed E-state index contributed by atoms with van der Waals surface area (Å²) in [5.41, 5.74) is 2.34. The first kappa shape index (κ1) is 11.5.